The highest BCUT2D eigenvalue weighted by molar-refractivity contribution is 6.06. The first kappa shape index (κ1) is 14.8. The quantitative estimate of drug-likeness (QED) is 0.797. The van der Waals surface area contributed by atoms with E-state index in [0.717, 1.165) is 17.1 Å². The zero-order valence-electron chi connectivity index (χ0n) is 13.4. The number of nitrogens with zero attached hydrogens (tertiary/aromatic N) is 2. The van der Waals surface area contributed by atoms with Gasteiger partial charge >= 0.3 is 6.09 Å². The van der Waals surface area contributed by atoms with E-state index in [2.05, 4.69) is 10.3 Å². The number of anilines is 1. The minimum atomic E-state index is -0.738. The second kappa shape index (κ2) is 4.69. The molecule has 1 unspecified atom stereocenters. The van der Waals surface area contributed by atoms with Crippen molar-refractivity contribution in [2.24, 2.45) is 0 Å². The molecule has 22 heavy (non-hydrogen) atoms. The first-order valence-electron chi connectivity index (χ1n) is 7.49. The normalized spacial score (nSPS) is 23.6. The largest absolute Gasteiger partial charge is 0.444 e. The van der Waals surface area contributed by atoms with Crippen molar-refractivity contribution in [3.05, 3.63) is 23.5 Å². The van der Waals surface area contributed by atoms with E-state index in [1.807, 2.05) is 39.8 Å². The maximum Gasteiger partial charge on any atom is 0.410 e. The highest BCUT2D eigenvalue weighted by atomic mass is 16.6. The number of aromatic nitrogens is 1. The zero-order valence-corrected chi connectivity index (χ0v) is 13.4. The van der Waals surface area contributed by atoms with Crippen LogP contribution in [0.3, 0.4) is 0 Å². The lowest BCUT2D eigenvalue weighted by atomic mass is 9.84. The van der Waals surface area contributed by atoms with E-state index in [1.165, 1.54) is 0 Å². The van der Waals surface area contributed by atoms with E-state index in [9.17, 15) is 9.59 Å². The van der Waals surface area contributed by atoms with Crippen LogP contribution < -0.4 is 5.32 Å². The van der Waals surface area contributed by atoms with Gasteiger partial charge in [-0.05, 0) is 46.2 Å². The Bertz CT molecular complexity index is 651. The number of fused-ring (bicyclic) bond motifs is 2. The standard InChI is InChI=1S/C16H21N3O3/c1-10-5-6-11-12(17-10)16(13(20)18-11)7-8-19(9-16)14(21)22-15(2,3)4/h5-6H,7-9H2,1-4H3,(H,18,20). The number of carbonyl (C=O) groups is 2. The summed E-state index contributed by atoms with van der Waals surface area (Å²) in [6.45, 7) is 8.21. The Morgan fingerprint density at radius 1 is 1.41 bits per heavy atom. The first-order chi connectivity index (χ1) is 10.2. The molecule has 1 aromatic rings. The predicted molar refractivity (Wildman–Crippen MR) is 81.7 cm³/mol. The number of hydrogen-bond donors (Lipinski definition) is 1. The first-order valence-corrected chi connectivity index (χ1v) is 7.49. The van der Waals surface area contributed by atoms with Gasteiger partial charge in [0.1, 0.15) is 11.0 Å². The lowest BCUT2D eigenvalue weighted by Gasteiger charge is -2.25. The Hall–Kier alpha value is -2.11. The minimum Gasteiger partial charge on any atom is -0.444 e. The molecule has 0 bridgehead atoms. The maximum atomic E-state index is 12.5. The van der Waals surface area contributed by atoms with Gasteiger partial charge < -0.3 is 15.0 Å². The number of aryl methyl sites for hydroxylation is 1. The number of hydrogen-bond acceptors (Lipinski definition) is 4. The number of pyridine rings is 1. The maximum absolute atomic E-state index is 12.5. The van der Waals surface area contributed by atoms with Gasteiger partial charge in [-0.15, -0.1) is 0 Å². The van der Waals surface area contributed by atoms with Crippen molar-refractivity contribution in [2.45, 2.75) is 45.1 Å². The van der Waals surface area contributed by atoms with Crippen LogP contribution in [0.2, 0.25) is 0 Å². The molecule has 0 aromatic carbocycles. The molecular formula is C16H21N3O3. The highest BCUT2D eigenvalue weighted by Gasteiger charge is 2.53. The van der Waals surface area contributed by atoms with E-state index in [-0.39, 0.29) is 12.0 Å². The summed E-state index contributed by atoms with van der Waals surface area (Å²) in [6.07, 6.45) is 0.194. The van der Waals surface area contributed by atoms with E-state index in [1.54, 1.807) is 4.90 Å². The van der Waals surface area contributed by atoms with Crippen molar-refractivity contribution in [2.75, 3.05) is 18.4 Å². The smallest absolute Gasteiger partial charge is 0.410 e. The monoisotopic (exact) mass is 303 g/mol. The number of nitrogens with one attached hydrogen (secondary N) is 1. The molecule has 0 aliphatic carbocycles. The molecule has 3 heterocycles. The zero-order chi connectivity index (χ0) is 16.1. The van der Waals surface area contributed by atoms with Crippen LogP contribution >= 0.6 is 0 Å². The Kier molecular flexibility index (Phi) is 3.16. The van der Waals surface area contributed by atoms with Gasteiger partial charge in [0.15, 0.2) is 0 Å². The summed E-state index contributed by atoms with van der Waals surface area (Å²) in [6, 6.07) is 3.75. The summed E-state index contributed by atoms with van der Waals surface area (Å²) in [4.78, 5) is 30.9. The summed E-state index contributed by atoms with van der Waals surface area (Å²) >= 11 is 0. The van der Waals surface area contributed by atoms with Crippen molar-refractivity contribution >= 4 is 17.7 Å². The second-order valence-electron chi connectivity index (χ2n) is 7.04. The van der Waals surface area contributed by atoms with E-state index in [0.29, 0.717) is 19.5 Å². The van der Waals surface area contributed by atoms with Crippen LogP contribution in [0, 0.1) is 6.92 Å². The Labute approximate surface area is 129 Å². The molecule has 1 atom stereocenters. The highest BCUT2D eigenvalue weighted by Crippen LogP contribution is 2.43. The third-order valence-corrected chi connectivity index (χ3v) is 4.09. The molecular weight excluding hydrogens is 282 g/mol. The van der Waals surface area contributed by atoms with Crippen molar-refractivity contribution in [3.63, 3.8) is 0 Å². The van der Waals surface area contributed by atoms with Crippen LogP contribution in [-0.4, -0.2) is 40.6 Å². The summed E-state index contributed by atoms with van der Waals surface area (Å²) in [5.41, 5.74) is 1.09. The van der Waals surface area contributed by atoms with Crippen molar-refractivity contribution < 1.29 is 14.3 Å². The Balaban J connectivity index is 1.87. The molecule has 2 amide bonds. The van der Waals surface area contributed by atoms with Crippen LogP contribution in [-0.2, 0) is 14.9 Å². The third-order valence-electron chi connectivity index (χ3n) is 4.09. The fourth-order valence-electron chi connectivity index (χ4n) is 3.04. The fourth-order valence-corrected chi connectivity index (χ4v) is 3.04. The summed E-state index contributed by atoms with van der Waals surface area (Å²) in [5, 5.41) is 2.88. The fraction of sp³-hybridized carbons (Fsp3) is 0.562. The van der Waals surface area contributed by atoms with Crippen molar-refractivity contribution in [3.8, 4) is 0 Å². The molecule has 3 rings (SSSR count). The molecule has 2 aliphatic rings. The summed E-state index contributed by atoms with van der Waals surface area (Å²) in [5.74, 6) is -0.0772. The summed E-state index contributed by atoms with van der Waals surface area (Å²) in [7, 11) is 0. The Morgan fingerprint density at radius 3 is 2.82 bits per heavy atom. The molecule has 1 saturated heterocycles. The lowest BCUT2D eigenvalue weighted by molar-refractivity contribution is -0.120. The van der Waals surface area contributed by atoms with E-state index >= 15 is 0 Å². The molecule has 6 heteroatoms. The molecule has 1 spiro atoms. The third kappa shape index (κ3) is 2.32. The lowest BCUT2D eigenvalue weighted by Crippen LogP contribution is -2.41. The molecule has 1 N–H and O–H groups in total. The Morgan fingerprint density at radius 2 is 2.14 bits per heavy atom. The molecule has 118 valence electrons. The SMILES string of the molecule is Cc1ccc2c(n1)C1(CCN(C(=O)OC(C)(C)C)C1)C(=O)N2. The van der Waals surface area contributed by atoms with Gasteiger partial charge in [-0.2, -0.15) is 0 Å². The molecule has 0 saturated carbocycles. The molecule has 6 nitrogen and oxygen atoms in total. The van der Waals surface area contributed by atoms with Crippen LogP contribution in [0.5, 0.6) is 0 Å². The van der Waals surface area contributed by atoms with Gasteiger partial charge in [-0.1, -0.05) is 0 Å². The molecule has 2 aliphatic heterocycles. The van der Waals surface area contributed by atoms with Gasteiger partial charge in [-0.25, -0.2) is 4.79 Å². The van der Waals surface area contributed by atoms with Crippen molar-refractivity contribution in [1.82, 2.24) is 9.88 Å². The predicted octanol–water partition coefficient (Wildman–Crippen LogP) is 2.22. The molecule has 1 aromatic heterocycles. The molecule has 1 fully saturated rings. The van der Waals surface area contributed by atoms with E-state index < -0.39 is 11.0 Å². The van der Waals surface area contributed by atoms with Crippen LogP contribution in [0.4, 0.5) is 10.5 Å². The molecule has 0 radical (unpaired) electrons. The minimum absolute atomic E-state index is 0.0772. The number of amides is 2. The van der Waals surface area contributed by atoms with Gasteiger partial charge in [-0.3, -0.25) is 9.78 Å². The van der Waals surface area contributed by atoms with Gasteiger partial charge in [0.05, 0.1) is 11.4 Å². The average molecular weight is 303 g/mol. The average Bonchev–Trinajstić information content (AvgIpc) is 2.94. The second-order valence-corrected chi connectivity index (χ2v) is 7.04. The number of carbonyl (C=O) groups excluding carboxylic acids is 2. The topological polar surface area (TPSA) is 71.5 Å². The number of likely N-dealkylation sites (tertiary alicyclic amines) is 1. The van der Waals surface area contributed by atoms with Crippen LogP contribution in [0.15, 0.2) is 12.1 Å². The van der Waals surface area contributed by atoms with Crippen LogP contribution in [0.1, 0.15) is 38.6 Å². The van der Waals surface area contributed by atoms with Gasteiger partial charge in [0.25, 0.3) is 0 Å². The number of ether oxygens (including phenoxy) is 1. The van der Waals surface area contributed by atoms with Crippen LogP contribution in [0.25, 0.3) is 0 Å². The van der Waals surface area contributed by atoms with Gasteiger partial charge in [0.2, 0.25) is 5.91 Å². The van der Waals surface area contributed by atoms with E-state index in [4.69, 9.17) is 4.74 Å². The number of rotatable bonds is 0. The van der Waals surface area contributed by atoms with Gasteiger partial charge in [0, 0.05) is 18.8 Å². The summed E-state index contributed by atoms with van der Waals surface area (Å²) < 4.78 is 5.41. The van der Waals surface area contributed by atoms with Crippen molar-refractivity contribution in [1.29, 1.82) is 0 Å².